The highest BCUT2D eigenvalue weighted by molar-refractivity contribution is 6.02. The first-order valence-corrected chi connectivity index (χ1v) is 10.1. The van der Waals surface area contributed by atoms with E-state index in [1.165, 1.54) is 5.56 Å². The summed E-state index contributed by atoms with van der Waals surface area (Å²) in [5.74, 6) is 0.721. The van der Waals surface area contributed by atoms with Gasteiger partial charge in [-0.05, 0) is 49.9 Å². The van der Waals surface area contributed by atoms with E-state index < -0.39 is 5.72 Å². The molecule has 2 heterocycles. The first-order valence-electron chi connectivity index (χ1n) is 10.1. The van der Waals surface area contributed by atoms with Crippen LogP contribution in [0.4, 0.5) is 11.4 Å². The van der Waals surface area contributed by atoms with Crippen molar-refractivity contribution < 1.29 is 4.74 Å². The number of fused-ring (bicyclic) bond motifs is 4. The van der Waals surface area contributed by atoms with E-state index in [0.717, 1.165) is 33.5 Å². The highest BCUT2D eigenvalue weighted by atomic mass is 16.5. The second-order valence-corrected chi connectivity index (χ2v) is 8.56. The highest BCUT2D eigenvalue weighted by Crippen LogP contribution is 2.55. The molecule has 3 aromatic rings. The third kappa shape index (κ3) is 2.29. The van der Waals surface area contributed by atoms with Gasteiger partial charge in [-0.3, -0.25) is 4.99 Å². The molecule has 4 heteroatoms. The van der Waals surface area contributed by atoms with Crippen LogP contribution in [-0.4, -0.2) is 19.0 Å². The molecule has 0 radical (unpaired) electrons. The summed E-state index contributed by atoms with van der Waals surface area (Å²) in [6.45, 7) is 6.21. The molecule has 4 nitrogen and oxygen atoms in total. The molecule has 148 valence electrons. The van der Waals surface area contributed by atoms with Crippen LogP contribution < -0.4 is 9.64 Å². The summed E-state index contributed by atoms with van der Waals surface area (Å²) in [5.41, 5.74) is 3.61. The molecule has 1 atom stereocenters. The van der Waals surface area contributed by atoms with E-state index in [1.807, 2.05) is 31.3 Å². The SMILES string of the molecule is C/C(C#N)=C/c1cc2ccccc2c2c1OC1(C=N2)N(C)c2ccccc2C1(C)C. The molecular weight excluding hydrogens is 370 g/mol. The molecule has 1 spiro atoms. The van der Waals surface area contributed by atoms with Crippen LogP contribution in [0.1, 0.15) is 31.9 Å². The van der Waals surface area contributed by atoms with E-state index in [1.54, 1.807) is 0 Å². The Hall–Kier alpha value is -3.58. The van der Waals surface area contributed by atoms with Crippen molar-refractivity contribution in [3.05, 3.63) is 71.3 Å². The zero-order valence-corrected chi connectivity index (χ0v) is 17.6. The Labute approximate surface area is 176 Å². The molecule has 0 bridgehead atoms. The molecule has 2 aliphatic rings. The zero-order valence-electron chi connectivity index (χ0n) is 17.6. The maximum Gasteiger partial charge on any atom is 0.228 e. The van der Waals surface area contributed by atoms with Crippen molar-refractivity contribution in [2.75, 3.05) is 11.9 Å². The second-order valence-electron chi connectivity index (χ2n) is 8.56. The highest BCUT2D eigenvalue weighted by Gasteiger charge is 2.58. The van der Waals surface area contributed by atoms with Crippen LogP contribution in [0, 0.1) is 11.3 Å². The quantitative estimate of drug-likeness (QED) is 0.478. The molecule has 2 aliphatic heterocycles. The van der Waals surface area contributed by atoms with E-state index in [2.05, 4.69) is 74.3 Å². The number of hydrogen-bond acceptors (Lipinski definition) is 4. The number of ether oxygens (including phenoxy) is 1. The van der Waals surface area contributed by atoms with Gasteiger partial charge in [-0.2, -0.15) is 5.26 Å². The summed E-state index contributed by atoms with van der Waals surface area (Å²) in [5, 5.41) is 11.5. The number of benzene rings is 3. The molecular formula is C26H23N3O. The van der Waals surface area contributed by atoms with Crippen LogP contribution in [0.2, 0.25) is 0 Å². The molecule has 5 rings (SSSR count). The van der Waals surface area contributed by atoms with Crippen molar-refractivity contribution in [2.45, 2.75) is 31.9 Å². The van der Waals surface area contributed by atoms with E-state index in [4.69, 9.17) is 9.73 Å². The van der Waals surface area contributed by atoms with Gasteiger partial charge in [0, 0.05) is 29.3 Å². The fourth-order valence-electron chi connectivity index (χ4n) is 4.80. The number of nitriles is 1. The molecule has 0 N–H and O–H groups in total. The van der Waals surface area contributed by atoms with Crippen LogP contribution in [0.15, 0.2) is 65.2 Å². The standard InChI is InChI=1S/C26H23N3O/c1-17(15-27)13-19-14-18-9-5-6-10-20(18)23-24(19)30-26(16-28-23)25(2,3)21-11-7-8-12-22(21)29(26)4/h5-14,16H,1-4H3/b17-13-. The minimum absolute atomic E-state index is 0.323. The van der Waals surface area contributed by atoms with Gasteiger partial charge in [0.2, 0.25) is 5.72 Å². The molecule has 0 saturated carbocycles. The van der Waals surface area contributed by atoms with Crippen LogP contribution >= 0.6 is 0 Å². The van der Waals surface area contributed by atoms with Crippen molar-refractivity contribution >= 4 is 34.4 Å². The number of rotatable bonds is 1. The van der Waals surface area contributed by atoms with Crippen LogP contribution in [-0.2, 0) is 5.41 Å². The zero-order chi connectivity index (χ0) is 21.1. The van der Waals surface area contributed by atoms with E-state index in [-0.39, 0.29) is 5.41 Å². The Kier molecular flexibility index (Phi) is 3.82. The average molecular weight is 393 g/mol. The Balaban J connectivity index is 1.78. The summed E-state index contributed by atoms with van der Waals surface area (Å²) in [6.07, 6.45) is 3.83. The molecule has 30 heavy (non-hydrogen) atoms. The number of likely N-dealkylation sites (N-methyl/N-ethyl adjacent to an activating group) is 1. The van der Waals surface area contributed by atoms with Crippen LogP contribution in [0.3, 0.4) is 0 Å². The van der Waals surface area contributed by atoms with Crippen molar-refractivity contribution in [2.24, 2.45) is 4.99 Å². The smallest absolute Gasteiger partial charge is 0.228 e. The molecule has 0 amide bonds. The van der Waals surface area contributed by atoms with Gasteiger partial charge in [-0.15, -0.1) is 0 Å². The Morgan fingerprint density at radius 3 is 2.63 bits per heavy atom. The second kappa shape index (κ2) is 6.21. The number of anilines is 1. The largest absolute Gasteiger partial charge is 0.459 e. The molecule has 0 aliphatic carbocycles. The minimum atomic E-state index is -0.755. The van der Waals surface area contributed by atoms with Crippen molar-refractivity contribution in [1.29, 1.82) is 5.26 Å². The number of hydrogen-bond donors (Lipinski definition) is 0. The summed E-state index contributed by atoms with van der Waals surface area (Å²) in [7, 11) is 2.06. The van der Waals surface area contributed by atoms with E-state index in [0.29, 0.717) is 5.57 Å². The van der Waals surface area contributed by atoms with Gasteiger partial charge in [0.05, 0.1) is 17.7 Å². The first-order chi connectivity index (χ1) is 14.4. The molecule has 0 fully saturated rings. The predicted molar refractivity (Wildman–Crippen MR) is 123 cm³/mol. The lowest BCUT2D eigenvalue weighted by atomic mass is 9.77. The van der Waals surface area contributed by atoms with Gasteiger partial charge in [0.25, 0.3) is 0 Å². The summed E-state index contributed by atoms with van der Waals surface area (Å²) in [6, 6.07) is 20.9. The topological polar surface area (TPSA) is 48.6 Å². The van der Waals surface area contributed by atoms with Crippen molar-refractivity contribution in [3.8, 4) is 11.8 Å². The maximum absolute atomic E-state index is 9.37. The Morgan fingerprint density at radius 2 is 1.87 bits per heavy atom. The third-order valence-corrected chi connectivity index (χ3v) is 6.51. The predicted octanol–water partition coefficient (Wildman–Crippen LogP) is 5.99. The Morgan fingerprint density at radius 1 is 1.13 bits per heavy atom. The van der Waals surface area contributed by atoms with E-state index in [9.17, 15) is 5.26 Å². The fraction of sp³-hybridized carbons (Fsp3) is 0.231. The van der Waals surface area contributed by atoms with Crippen molar-refractivity contribution in [1.82, 2.24) is 0 Å². The maximum atomic E-state index is 9.37. The minimum Gasteiger partial charge on any atom is -0.459 e. The van der Waals surface area contributed by atoms with Crippen LogP contribution in [0.5, 0.6) is 5.75 Å². The van der Waals surface area contributed by atoms with Gasteiger partial charge < -0.3 is 9.64 Å². The third-order valence-electron chi connectivity index (χ3n) is 6.51. The average Bonchev–Trinajstić information content (AvgIpc) is 2.92. The normalized spacial score (nSPS) is 21.3. The summed E-state index contributed by atoms with van der Waals surface area (Å²) < 4.78 is 6.90. The van der Waals surface area contributed by atoms with Gasteiger partial charge >= 0.3 is 0 Å². The van der Waals surface area contributed by atoms with Gasteiger partial charge in [-0.1, -0.05) is 42.5 Å². The van der Waals surface area contributed by atoms with Gasteiger partial charge in [0.15, 0.2) is 5.75 Å². The molecule has 0 saturated heterocycles. The lowest BCUT2D eigenvalue weighted by Gasteiger charge is -2.45. The van der Waals surface area contributed by atoms with Crippen molar-refractivity contribution in [3.63, 3.8) is 0 Å². The van der Waals surface area contributed by atoms with Gasteiger partial charge in [0.1, 0.15) is 5.69 Å². The molecule has 0 aromatic heterocycles. The molecule has 1 unspecified atom stereocenters. The Bertz CT molecular complexity index is 1300. The molecule has 3 aromatic carbocycles. The number of para-hydroxylation sites is 1. The fourth-order valence-corrected chi connectivity index (χ4v) is 4.80. The lowest BCUT2D eigenvalue weighted by molar-refractivity contribution is 0.0824. The lowest BCUT2D eigenvalue weighted by Crippen LogP contribution is -2.61. The summed E-state index contributed by atoms with van der Waals surface area (Å²) in [4.78, 5) is 7.15. The first kappa shape index (κ1) is 18.4. The number of nitrogens with zero attached hydrogens (tertiary/aromatic N) is 3. The van der Waals surface area contributed by atoms with Gasteiger partial charge in [-0.25, -0.2) is 0 Å². The number of allylic oxidation sites excluding steroid dienone is 1. The van der Waals surface area contributed by atoms with E-state index >= 15 is 0 Å². The number of aliphatic imine (C=N–C) groups is 1. The monoisotopic (exact) mass is 393 g/mol. The van der Waals surface area contributed by atoms with Crippen LogP contribution in [0.25, 0.3) is 16.8 Å². The summed E-state index contributed by atoms with van der Waals surface area (Å²) >= 11 is 0.